The van der Waals surface area contributed by atoms with Crippen LogP contribution in [0.4, 0.5) is 4.79 Å². The number of nitrogens with one attached hydrogen (secondary N) is 1. The standard InChI is InChI=1S/C13H24N2O/c1-8-10-6-9(13(10,2)3)7-11(8)14-12(16)15(4)5/h8-11H,6-7H2,1-5H3,(H,14,16)/t8?,9-,10+,11?/m0/s1. The van der Waals surface area contributed by atoms with E-state index in [1.807, 2.05) is 0 Å². The molecule has 16 heavy (non-hydrogen) atoms. The number of nitrogens with zero attached hydrogens (tertiary/aromatic N) is 1. The van der Waals surface area contributed by atoms with E-state index in [9.17, 15) is 4.79 Å². The molecule has 3 saturated carbocycles. The van der Waals surface area contributed by atoms with E-state index < -0.39 is 0 Å². The predicted octanol–water partition coefficient (Wildman–Crippen LogP) is 2.33. The van der Waals surface area contributed by atoms with Crippen molar-refractivity contribution in [3.8, 4) is 0 Å². The molecule has 0 spiro atoms. The minimum absolute atomic E-state index is 0.0518. The van der Waals surface area contributed by atoms with E-state index in [-0.39, 0.29) is 6.03 Å². The number of amides is 2. The Morgan fingerprint density at radius 1 is 1.31 bits per heavy atom. The summed E-state index contributed by atoms with van der Waals surface area (Å²) >= 11 is 0. The second-order valence-electron chi connectivity index (χ2n) is 6.41. The number of hydrogen-bond acceptors (Lipinski definition) is 1. The molecule has 3 aliphatic carbocycles. The number of carbonyl (C=O) groups is 1. The Morgan fingerprint density at radius 2 is 1.94 bits per heavy atom. The first-order chi connectivity index (χ1) is 7.34. The lowest BCUT2D eigenvalue weighted by atomic mass is 9.45. The summed E-state index contributed by atoms with van der Waals surface area (Å²) in [6.45, 7) is 7.06. The van der Waals surface area contributed by atoms with Crippen molar-refractivity contribution in [2.75, 3.05) is 14.1 Å². The number of urea groups is 1. The summed E-state index contributed by atoms with van der Waals surface area (Å²) in [6, 6.07) is 0.433. The van der Waals surface area contributed by atoms with Crippen molar-refractivity contribution in [2.24, 2.45) is 23.2 Å². The Labute approximate surface area is 98.6 Å². The van der Waals surface area contributed by atoms with Gasteiger partial charge in [0.15, 0.2) is 0 Å². The lowest BCUT2D eigenvalue weighted by Crippen LogP contribution is -2.61. The van der Waals surface area contributed by atoms with Gasteiger partial charge in [-0.1, -0.05) is 20.8 Å². The molecular weight excluding hydrogens is 200 g/mol. The predicted molar refractivity (Wildman–Crippen MR) is 65.2 cm³/mol. The summed E-state index contributed by atoms with van der Waals surface area (Å²) in [7, 11) is 3.60. The number of carbonyl (C=O) groups excluding carboxylic acids is 1. The molecule has 0 aromatic rings. The Kier molecular flexibility index (Phi) is 2.67. The van der Waals surface area contributed by atoms with Gasteiger partial charge in [0.2, 0.25) is 0 Å². The Hall–Kier alpha value is -0.730. The second-order valence-corrected chi connectivity index (χ2v) is 6.41. The quantitative estimate of drug-likeness (QED) is 0.728. The SMILES string of the molecule is CC1C(NC(=O)N(C)C)C[C@@H]2C[C@H]1C2(C)C. The van der Waals surface area contributed by atoms with Crippen molar-refractivity contribution in [3.63, 3.8) is 0 Å². The molecule has 2 amide bonds. The third kappa shape index (κ3) is 1.61. The largest absolute Gasteiger partial charge is 0.335 e. The highest BCUT2D eigenvalue weighted by Crippen LogP contribution is 2.61. The number of hydrogen-bond donors (Lipinski definition) is 1. The highest BCUT2D eigenvalue weighted by Gasteiger charge is 2.56. The molecule has 0 aromatic heterocycles. The van der Waals surface area contributed by atoms with Crippen molar-refractivity contribution in [1.29, 1.82) is 0 Å². The summed E-state index contributed by atoms with van der Waals surface area (Å²) in [5.41, 5.74) is 0.499. The zero-order valence-electron chi connectivity index (χ0n) is 11.1. The summed E-state index contributed by atoms with van der Waals surface area (Å²) in [4.78, 5) is 13.3. The van der Waals surface area contributed by atoms with Gasteiger partial charge in [-0.25, -0.2) is 4.79 Å². The van der Waals surface area contributed by atoms with Gasteiger partial charge in [0.25, 0.3) is 0 Å². The minimum atomic E-state index is 0.0518. The first kappa shape index (κ1) is 11.7. The van der Waals surface area contributed by atoms with Crippen LogP contribution in [0.1, 0.15) is 33.6 Å². The molecule has 3 rings (SSSR count). The maximum absolute atomic E-state index is 11.7. The van der Waals surface area contributed by atoms with Crippen LogP contribution in [0.25, 0.3) is 0 Å². The molecule has 0 aromatic carbocycles. The monoisotopic (exact) mass is 224 g/mol. The molecule has 3 nitrogen and oxygen atoms in total. The van der Waals surface area contributed by atoms with Crippen LogP contribution in [0.15, 0.2) is 0 Å². The summed E-state index contributed by atoms with van der Waals surface area (Å²) in [6.07, 6.45) is 2.52. The molecule has 0 saturated heterocycles. The first-order valence-electron chi connectivity index (χ1n) is 6.32. The van der Waals surface area contributed by atoms with E-state index in [0.717, 1.165) is 18.3 Å². The lowest BCUT2D eigenvalue weighted by molar-refractivity contribution is -0.113. The Balaban J connectivity index is 1.98. The third-order valence-electron chi connectivity index (χ3n) is 5.07. The fraction of sp³-hybridized carbons (Fsp3) is 0.923. The van der Waals surface area contributed by atoms with E-state index in [0.29, 0.717) is 17.4 Å². The molecule has 3 heteroatoms. The van der Waals surface area contributed by atoms with Crippen molar-refractivity contribution in [1.82, 2.24) is 10.2 Å². The van der Waals surface area contributed by atoms with Gasteiger partial charge in [0, 0.05) is 20.1 Å². The molecule has 0 aliphatic heterocycles. The van der Waals surface area contributed by atoms with Gasteiger partial charge in [-0.05, 0) is 36.0 Å². The van der Waals surface area contributed by atoms with Gasteiger partial charge in [-0.2, -0.15) is 0 Å². The first-order valence-corrected chi connectivity index (χ1v) is 6.32. The van der Waals surface area contributed by atoms with Gasteiger partial charge in [0.05, 0.1) is 0 Å². The fourth-order valence-electron chi connectivity index (χ4n) is 3.63. The van der Waals surface area contributed by atoms with Gasteiger partial charge in [-0.3, -0.25) is 0 Å². The molecule has 2 unspecified atom stereocenters. The zero-order chi connectivity index (χ0) is 12.1. The molecule has 0 radical (unpaired) electrons. The molecule has 92 valence electrons. The fourth-order valence-corrected chi connectivity index (χ4v) is 3.63. The van der Waals surface area contributed by atoms with Crippen LogP contribution in [0.3, 0.4) is 0 Å². The molecule has 4 atom stereocenters. The van der Waals surface area contributed by atoms with Crippen LogP contribution in [0.2, 0.25) is 0 Å². The van der Waals surface area contributed by atoms with Crippen LogP contribution in [-0.2, 0) is 0 Å². The van der Waals surface area contributed by atoms with Gasteiger partial charge >= 0.3 is 6.03 Å². The van der Waals surface area contributed by atoms with Crippen molar-refractivity contribution < 1.29 is 4.79 Å². The Morgan fingerprint density at radius 3 is 2.38 bits per heavy atom. The minimum Gasteiger partial charge on any atom is -0.335 e. The van der Waals surface area contributed by atoms with E-state index in [2.05, 4.69) is 26.1 Å². The zero-order valence-corrected chi connectivity index (χ0v) is 11.1. The summed E-state index contributed by atoms with van der Waals surface area (Å²) < 4.78 is 0. The lowest BCUT2D eigenvalue weighted by Gasteiger charge is -2.62. The maximum Gasteiger partial charge on any atom is 0.317 e. The topological polar surface area (TPSA) is 32.3 Å². The highest BCUT2D eigenvalue weighted by molar-refractivity contribution is 5.73. The average molecular weight is 224 g/mol. The van der Waals surface area contributed by atoms with Crippen molar-refractivity contribution >= 4 is 6.03 Å². The van der Waals surface area contributed by atoms with Crippen LogP contribution < -0.4 is 5.32 Å². The van der Waals surface area contributed by atoms with E-state index >= 15 is 0 Å². The van der Waals surface area contributed by atoms with Gasteiger partial charge < -0.3 is 10.2 Å². The second kappa shape index (κ2) is 3.64. The molecular formula is C13H24N2O. The van der Waals surface area contributed by atoms with Crippen molar-refractivity contribution in [3.05, 3.63) is 0 Å². The van der Waals surface area contributed by atoms with Crippen LogP contribution in [-0.4, -0.2) is 31.1 Å². The molecule has 3 aliphatic rings. The number of rotatable bonds is 1. The van der Waals surface area contributed by atoms with E-state index in [4.69, 9.17) is 0 Å². The van der Waals surface area contributed by atoms with Gasteiger partial charge in [-0.15, -0.1) is 0 Å². The van der Waals surface area contributed by atoms with E-state index in [1.54, 1.807) is 19.0 Å². The van der Waals surface area contributed by atoms with Crippen LogP contribution in [0, 0.1) is 23.2 Å². The highest BCUT2D eigenvalue weighted by atomic mass is 16.2. The van der Waals surface area contributed by atoms with Gasteiger partial charge in [0.1, 0.15) is 0 Å². The van der Waals surface area contributed by atoms with E-state index in [1.165, 1.54) is 6.42 Å². The molecule has 0 heterocycles. The molecule has 2 bridgehead atoms. The van der Waals surface area contributed by atoms with Crippen LogP contribution >= 0.6 is 0 Å². The number of fused-ring (bicyclic) bond motifs is 2. The molecule has 1 N–H and O–H groups in total. The maximum atomic E-state index is 11.7. The third-order valence-corrected chi connectivity index (χ3v) is 5.07. The summed E-state index contributed by atoms with van der Waals surface area (Å²) in [5.74, 6) is 2.21. The molecule has 3 fully saturated rings. The van der Waals surface area contributed by atoms with Crippen molar-refractivity contribution in [2.45, 2.75) is 39.7 Å². The Bertz CT molecular complexity index is 298. The average Bonchev–Trinajstić information content (AvgIpc) is 2.19. The normalized spacial score (nSPS) is 39.8. The summed E-state index contributed by atoms with van der Waals surface area (Å²) in [5, 5.41) is 3.15. The smallest absolute Gasteiger partial charge is 0.317 e. The van der Waals surface area contributed by atoms with Crippen LogP contribution in [0.5, 0.6) is 0 Å².